The number of hydrogen-bond donors (Lipinski definition) is 1. The second kappa shape index (κ2) is 6.79. The normalized spacial score (nSPS) is 14.1. The van der Waals surface area contributed by atoms with Crippen molar-refractivity contribution in [1.82, 2.24) is 19.6 Å². The molecule has 0 unspecified atom stereocenters. The van der Waals surface area contributed by atoms with Gasteiger partial charge in [-0.15, -0.1) is 0 Å². The van der Waals surface area contributed by atoms with Crippen LogP contribution in [-0.2, 0) is 16.0 Å². The Balaban J connectivity index is 1.47. The molecule has 0 bridgehead atoms. The first-order valence-electron chi connectivity index (χ1n) is 8.89. The number of carbonyl (C=O) groups excluding carboxylic acids is 2. The van der Waals surface area contributed by atoms with Gasteiger partial charge in [-0.05, 0) is 44.5 Å². The van der Waals surface area contributed by atoms with E-state index in [0.717, 1.165) is 35.6 Å². The highest BCUT2D eigenvalue weighted by atomic mass is 16.2. The van der Waals surface area contributed by atoms with E-state index in [0.29, 0.717) is 17.9 Å². The molecule has 8 heteroatoms. The minimum Gasteiger partial charge on any atom is -0.326 e. The maximum absolute atomic E-state index is 12.5. The number of carbonyl (C=O) groups is 2. The minimum atomic E-state index is -0.132. The van der Waals surface area contributed by atoms with E-state index in [1.54, 1.807) is 9.42 Å². The van der Waals surface area contributed by atoms with Crippen molar-refractivity contribution in [2.75, 3.05) is 16.8 Å². The Hall–Kier alpha value is -3.29. The molecule has 27 heavy (non-hydrogen) atoms. The Kier molecular flexibility index (Phi) is 4.31. The van der Waals surface area contributed by atoms with Crippen molar-refractivity contribution < 1.29 is 9.59 Å². The molecule has 2 amide bonds. The molecular weight excluding hydrogens is 344 g/mol. The topological polar surface area (TPSA) is 92.5 Å². The van der Waals surface area contributed by atoms with Crippen LogP contribution in [0.4, 0.5) is 11.4 Å². The van der Waals surface area contributed by atoms with Gasteiger partial charge in [-0.2, -0.15) is 10.1 Å². The van der Waals surface area contributed by atoms with E-state index in [4.69, 9.17) is 0 Å². The van der Waals surface area contributed by atoms with E-state index < -0.39 is 0 Å². The zero-order chi connectivity index (χ0) is 19.0. The van der Waals surface area contributed by atoms with Gasteiger partial charge in [0.2, 0.25) is 11.8 Å². The van der Waals surface area contributed by atoms with Crippen molar-refractivity contribution >= 4 is 29.0 Å². The summed E-state index contributed by atoms with van der Waals surface area (Å²) in [6.07, 6.45) is 3.14. The number of benzene rings is 1. The molecule has 1 aliphatic rings. The van der Waals surface area contributed by atoms with E-state index in [1.807, 2.05) is 38.1 Å². The first-order valence-corrected chi connectivity index (χ1v) is 8.89. The van der Waals surface area contributed by atoms with Gasteiger partial charge < -0.3 is 10.2 Å². The van der Waals surface area contributed by atoms with Gasteiger partial charge in [0, 0.05) is 41.3 Å². The fourth-order valence-corrected chi connectivity index (χ4v) is 3.42. The summed E-state index contributed by atoms with van der Waals surface area (Å²) in [7, 11) is 0. The number of aromatic nitrogens is 4. The molecule has 0 atom stereocenters. The SMILES string of the molecule is Cc1nc2ncnn2c(C)c1CC(=O)Nc1ccc(N2CCCC2=O)cc1. The Morgan fingerprint density at radius 3 is 2.70 bits per heavy atom. The second-order valence-electron chi connectivity index (χ2n) is 6.65. The van der Waals surface area contributed by atoms with Gasteiger partial charge in [-0.3, -0.25) is 9.59 Å². The first kappa shape index (κ1) is 17.1. The number of nitrogens with one attached hydrogen (secondary N) is 1. The van der Waals surface area contributed by atoms with Crippen molar-refractivity contribution in [3.05, 3.63) is 47.5 Å². The predicted octanol–water partition coefficient (Wildman–Crippen LogP) is 2.05. The molecule has 0 spiro atoms. The highest BCUT2D eigenvalue weighted by Crippen LogP contribution is 2.23. The molecular formula is C19H20N6O2. The lowest BCUT2D eigenvalue weighted by atomic mass is 10.1. The molecule has 4 rings (SSSR count). The van der Waals surface area contributed by atoms with Gasteiger partial charge in [0.1, 0.15) is 6.33 Å². The third kappa shape index (κ3) is 3.25. The summed E-state index contributed by atoms with van der Waals surface area (Å²) in [6.45, 7) is 4.52. The zero-order valence-electron chi connectivity index (χ0n) is 15.3. The smallest absolute Gasteiger partial charge is 0.252 e. The van der Waals surface area contributed by atoms with Gasteiger partial charge in [0.25, 0.3) is 5.78 Å². The molecule has 1 aliphatic heterocycles. The summed E-state index contributed by atoms with van der Waals surface area (Å²) in [4.78, 5) is 34.6. The van der Waals surface area contributed by atoms with Gasteiger partial charge in [-0.25, -0.2) is 9.50 Å². The number of anilines is 2. The average Bonchev–Trinajstić information content (AvgIpc) is 3.28. The molecule has 1 saturated heterocycles. The fraction of sp³-hybridized carbons (Fsp3) is 0.316. The molecule has 138 valence electrons. The lowest BCUT2D eigenvalue weighted by molar-refractivity contribution is -0.117. The monoisotopic (exact) mass is 364 g/mol. The number of nitrogens with zero attached hydrogens (tertiary/aromatic N) is 5. The standard InChI is InChI=1S/C19H20N6O2/c1-12-16(13(2)25-19(22-12)20-11-21-25)10-17(26)23-14-5-7-15(8-6-14)24-9-3-4-18(24)27/h5-8,11H,3-4,9-10H2,1-2H3,(H,23,26). The minimum absolute atomic E-state index is 0.132. The van der Waals surface area contributed by atoms with Gasteiger partial charge in [-0.1, -0.05) is 0 Å². The first-order chi connectivity index (χ1) is 13.0. The van der Waals surface area contributed by atoms with Crippen LogP contribution in [0.5, 0.6) is 0 Å². The molecule has 0 aliphatic carbocycles. The number of fused-ring (bicyclic) bond motifs is 1. The molecule has 8 nitrogen and oxygen atoms in total. The van der Waals surface area contributed by atoms with Crippen molar-refractivity contribution in [1.29, 1.82) is 0 Å². The van der Waals surface area contributed by atoms with Crippen molar-refractivity contribution in [3.8, 4) is 0 Å². The molecule has 1 N–H and O–H groups in total. The van der Waals surface area contributed by atoms with Crippen LogP contribution in [0.2, 0.25) is 0 Å². The number of amides is 2. The van der Waals surface area contributed by atoms with Crippen LogP contribution >= 0.6 is 0 Å². The van der Waals surface area contributed by atoms with E-state index >= 15 is 0 Å². The third-order valence-electron chi connectivity index (χ3n) is 4.86. The maximum Gasteiger partial charge on any atom is 0.252 e. The lowest BCUT2D eigenvalue weighted by Gasteiger charge is -2.16. The largest absolute Gasteiger partial charge is 0.326 e. The van der Waals surface area contributed by atoms with Crippen molar-refractivity contribution in [2.24, 2.45) is 0 Å². The molecule has 3 aromatic rings. The Labute approximate surface area is 156 Å². The molecule has 3 heterocycles. The van der Waals surface area contributed by atoms with Crippen LogP contribution in [0.15, 0.2) is 30.6 Å². The molecule has 0 saturated carbocycles. The zero-order valence-corrected chi connectivity index (χ0v) is 15.3. The fourth-order valence-electron chi connectivity index (χ4n) is 3.42. The summed E-state index contributed by atoms with van der Waals surface area (Å²) in [5.41, 5.74) is 4.02. The van der Waals surface area contributed by atoms with Crippen LogP contribution in [0, 0.1) is 13.8 Å². The van der Waals surface area contributed by atoms with Gasteiger partial charge in [0.15, 0.2) is 0 Å². The Morgan fingerprint density at radius 1 is 1.22 bits per heavy atom. The highest BCUT2D eigenvalue weighted by molar-refractivity contribution is 5.96. The Bertz CT molecular complexity index is 1020. The van der Waals surface area contributed by atoms with Crippen LogP contribution < -0.4 is 10.2 Å². The van der Waals surface area contributed by atoms with Crippen LogP contribution in [-0.4, -0.2) is 37.9 Å². The van der Waals surface area contributed by atoms with Gasteiger partial charge >= 0.3 is 0 Å². The molecule has 0 radical (unpaired) electrons. The van der Waals surface area contributed by atoms with Crippen molar-refractivity contribution in [3.63, 3.8) is 0 Å². The quantitative estimate of drug-likeness (QED) is 0.765. The second-order valence-corrected chi connectivity index (χ2v) is 6.65. The van der Waals surface area contributed by atoms with Crippen molar-refractivity contribution in [2.45, 2.75) is 33.1 Å². The molecule has 1 fully saturated rings. The highest BCUT2D eigenvalue weighted by Gasteiger charge is 2.21. The predicted molar refractivity (Wildman–Crippen MR) is 101 cm³/mol. The van der Waals surface area contributed by atoms with Crippen LogP contribution in [0.3, 0.4) is 0 Å². The van der Waals surface area contributed by atoms with Gasteiger partial charge in [0.05, 0.1) is 6.42 Å². The van der Waals surface area contributed by atoms with E-state index in [-0.39, 0.29) is 18.2 Å². The molecule has 1 aromatic carbocycles. The number of hydrogen-bond acceptors (Lipinski definition) is 5. The number of aryl methyl sites for hydroxylation is 2. The van der Waals surface area contributed by atoms with E-state index in [2.05, 4.69) is 20.4 Å². The number of rotatable bonds is 4. The summed E-state index contributed by atoms with van der Waals surface area (Å²) >= 11 is 0. The van der Waals surface area contributed by atoms with E-state index in [9.17, 15) is 9.59 Å². The van der Waals surface area contributed by atoms with Crippen LogP contribution in [0.25, 0.3) is 5.78 Å². The molecule has 2 aromatic heterocycles. The maximum atomic E-state index is 12.5. The summed E-state index contributed by atoms with van der Waals surface area (Å²) in [5, 5.41) is 7.04. The van der Waals surface area contributed by atoms with Crippen LogP contribution in [0.1, 0.15) is 29.8 Å². The summed E-state index contributed by atoms with van der Waals surface area (Å²) in [5.74, 6) is 0.544. The van der Waals surface area contributed by atoms with E-state index in [1.165, 1.54) is 6.33 Å². The summed E-state index contributed by atoms with van der Waals surface area (Å²) in [6, 6.07) is 7.35. The average molecular weight is 364 g/mol. The Morgan fingerprint density at radius 2 is 2.00 bits per heavy atom. The third-order valence-corrected chi connectivity index (χ3v) is 4.86. The summed E-state index contributed by atoms with van der Waals surface area (Å²) < 4.78 is 1.64. The lowest BCUT2D eigenvalue weighted by Crippen LogP contribution is -2.23.